The highest BCUT2D eigenvalue weighted by molar-refractivity contribution is 7.80. The molecule has 0 spiro atoms. The smallest absolute Gasteiger partial charge is 0.233 e. The highest BCUT2D eigenvalue weighted by atomic mass is 32.1. The second kappa shape index (κ2) is 7.90. The first-order valence-corrected chi connectivity index (χ1v) is 7.71. The number of ether oxygens (including phenoxy) is 1. The van der Waals surface area contributed by atoms with Crippen LogP contribution in [0.2, 0.25) is 0 Å². The van der Waals surface area contributed by atoms with Crippen molar-refractivity contribution in [1.29, 1.82) is 0 Å². The van der Waals surface area contributed by atoms with Crippen LogP contribution in [0.1, 0.15) is 33.1 Å². The first kappa shape index (κ1) is 17.3. The number of nitrogens with zero attached hydrogens (tertiary/aromatic N) is 1. The minimum atomic E-state index is -0.720. The molecule has 3 N–H and O–H groups in total. The molecule has 1 heterocycles. The van der Waals surface area contributed by atoms with Gasteiger partial charge in [0.2, 0.25) is 5.91 Å². The summed E-state index contributed by atoms with van der Waals surface area (Å²) < 4.78 is 5.31. The molecule has 0 radical (unpaired) electrons. The van der Waals surface area contributed by atoms with Gasteiger partial charge >= 0.3 is 0 Å². The van der Waals surface area contributed by atoms with Crippen molar-refractivity contribution < 1.29 is 9.53 Å². The molecule has 0 aromatic rings. The Morgan fingerprint density at radius 3 is 2.60 bits per heavy atom. The lowest BCUT2D eigenvalue weighted by atomic mass is 9.79. The molecule has 1 saturated heterocycles. The lowest BCUT2D eigenvalue weighted by molar-refractivity contribution is -0.131. The Kier molecular flexibility index (Phi) is 6.85. The van der Waals surface area contributed by atoms with E-state index in [-0.39, 0.29) is 10.9 Å². The maximum Gasteiger partial charge on any atom is 0.233 e. The second-order valence-electron chi connectivity index (χ2n) is 5.55. The third-order valence-corrected chi connectivity index (χ3v) is 4.74. The largest absolute Gasteiger partial charge is 0.392 e. The van der Waals surface area contributed by atoms with E-state index in [9.17, 15) is 4.79 Å². The van der Waals surface area contributed by atoms with Crippen molar-refractivity contribution in [2.45, 2.75) is 39.2 Å². The molecule has 1 amide bonds. The van der Waals surface area contributed by atoms with Gasteiger partial charge in [-0.3, -0.25) is 4.79 Å². The number of nitrogens with two attached hydrogens (primary N) is 1. The van der Waals surface area contributed by atoms with Gasteiger partial charge < -0.3 is 20.7 Å². The van der Waals surface area contributed by atoms with Gasteiger partial charge in [0.1, 0.15) is 5.41 Å². The average molecular weight is 301 g/mol. The summed E-state index contributed by atoms with van der Waals surface area (Å²) in [5.74, 6) is -0.0501. The molecule has 116 valence electrons. The molecular weight excluding hydrogens is 274 g/mol. The molecule has 0 saturated carbocycles. The van der Waals surface area contributed by atoms with E-state index < -0.39 is 5.41 Å². The van der Waals surface area contributed by atoms with Crippen molar-refractivity contribution in [2.75, 3.05) is 33.4 Å². The molecule has 0 aromatic carbocycles. The fourth-order valence-electron chi connectivity index (χ4n) is 2.35. The molecule has 1 rings (SSSR count). The Morgan fingerprint density at radius 2 is 2.10 bits per heavy atom. The van der Waals surface area contributed by atoms with Crippen molar-refractivity contribution in [2.24, 2.45) is 11.1 Å². The minimum absolute atomic E-state index is 0.0501. The Bertz CT molecular complexity index is 343. The average Bonchev–Trinajstić information content (AvgIpc) is 2.46. The summed E-state index contributed by atoms with van der Waals surface area (Å²) in [6.07, 6.45) is 2.25. The number of thiocarbonyl (C=S) groups is 1. The molecule has 0 aliphatic carbocycles. The van der Waals surface area contributed by atoms with Crippen LogP contribution in [0.5, 0.6) is 0 Å². The quantitative estimate of drug-likeness (QED) is 0.684. The van der Waals surface area contributed by atoms with Crippen molar-refractivity contribution in [3.8, 4) is 0 Å². The molecule has 6 heteroatoms. The molecule has 1 fully saturated rings. The van der Waals surface area contributed by atoms with Gasteiger partial charge in [0.25, 0.3) is 0 Å². The number of carbonyl (C=O) groups excluding carboxylic acids is 1. The summed E-state index contributed by atoms with van der Waals surface area (Å²) >= 11 is 5.12. The molecule has 1 aliphatic heterocycles. The molecule has 5 nitrogen and oxygen atoms in total. The number of hydrogen-bond donors (Lipinski definition) is 2. The van der Waals surface area contributed by atoms with Gasteiger partial charge in [-0.25, -0.2) is 0 Å². The predicted octanol–water partition coefficient (Wildman–Crippen LogP) is 0.916. The molecule has 1 atom stereocenters. The number of carbonyl (C=O) groups is 1. The van der Waals surface area contributed by atoms with E-state index in [1.54, 1.807) is 0 Å². The summed E-state index contributed by atoms with van der Waals surface area (Å²) in [5.41, 5.74) is 5.09. The van der Waals surface area contributed by atoms with Gasteiger partial charge in [-0.05, 0) is 33.2 Å². The topological polar surface area (TPSA) is 67.6 Å². The number of nitrogens with one attached hydrogen (secondary N) is 1. The second-order valence-corrected chi connectivity index (χ2v) is 5.99. The van der Waals surface area contributed by atoms with E-state index in [1.807, 2.05) is 0 Å². The SMILES string of the molecule is CCC(C)N(C)CCNC(=O)C1(C(N)=S)CCOCC1. The minimum Gasteiger partial charge on any atom is -0.392 e. The molecule has 1 unspecified atom stereocenters. The van der Waals surface area contributed by atoms with Crippen LogP contribution in [0.15, 0.2) is 0 Å². The van der Waals surface area contributed by atoms with E-state index in [1.165, 1.54) is 0 Å². The third-order valence-electron chi connectivity index (χ3n) is 4.35. The van der Waals surface area contributed by atoms with Crippen molar-refractivity contribution in [1.82, 2.24) is 10.2 Å². The Hall–Kier alpha value is -0.720. The normalized spacial score (nSPS) is 19.6. The summed E-state index contributed by atoms with van der Waals surface area (Å²) in [7, 11) is 2.07. The van der Waals surface area contributed by atoms with Crippen LogP contribution in [0.3, 0.4) is 0 Å². The van der Waals surface area contributed by atoms with Gasteiger partial charge in [-0.15, -0.1) is 0 Å². The van der Waals surface area contributed by atoms with Gasteiger partial charge in [-0.1, -0.05) is 19.1 Å². The Morgan fingerprint density at radius 1 is 1.50 bits per heavy atom. The van der Waals surface area contributed by atoms with Gasteiger partial charge in [0.05, 0.1) is 4.99 Å². The van der Waals surface area contributed by atoms with Gasteiger partial charge in [-0.2, -0.15) is 0 Å². The van der Waals surface area contributed by atoms with E-state index >= 15 is 0 Å². The highest BCUT2D eigenvalue weighted by Crippen LogP contribution is 2.31. The molecule has 0 aromatic heterocycles. The zero-order valence-electron chi connectivity index (χ0n) is 12.8. The van der Waals surface area contributed by atoms with Crippen LogP contribution in [-0.4, -0.2) is 55.2 Å². The van der Waals surface area contributed by atoms with Crippen LogP contribution in [0, 0.1) is 5.41 Å². The fraction of sp³-hybridized carbons (Fsp3) is 0.857. The molecular formula is C14H27N3O2S. The van der Waals surface area contributed by atoms with Gasteiger partial charge in [0.15, 0.2) is 0 Å². The first-order valence-electron chi connectivity index (χ1n) is 7.30. The molecule has 20 heavy (non-hydrogen) atoms. The number of amides is 1. The third kappa shape index (κ3) is 4.14. The molecule has 0 bridgehead atoms. The monoisotopic (exact) mass is 301 g/mol. The standard InChI is InChI=1S/C14H27N3O2S/c1-4-11(2)17(3)8-7-16-13(18)14(12(15)20)5-9-19-10-6-14/h11H,4-10H2,1-3H3,(H2,15,20)(H,16,18). The number of rotatable bonds is 7. The van der Waals surface area contributed by atoms with Crippen LogP contribution >= 0.6 is 12.2 Å². The highest BCUT2D eigenvalue weighted by Gasteiger charge is 2.42. The van der Waals surface area contributed by atoms with Crippen molar-refractivity contribution >= 4 is 23.1 Å². The van der Waals surface area contributed by atoms with E-state index in [2.05, 4.69) is 31.1 Å². The van der Waals surface area contributed by atoms with Crippen LogP contribution in [0.4, 0.5) is 0 Å². The van der Waals surface area contributed by atoms with Crippen molar-refractivity contribution in [3.63, 3.8) is 0 Å². The number of likely N-dealkylation sites (N-methyl/N-ethyl adjacent to an activating group) is 1. The van der Waals surface area contributed by atoms with Crippen LogP contribution < -0.4 is 11.1 Å². The lowest BCUT2D eigenvalue weighted by Crippen LogP contribution is -2.53. The van der Waals surface area contributed by atoms with E-state index in [0.29, 0.717) is 38.6 Å². The van der Waals surface area contributed by atoms with Crippen molar-refractivity contribution in [3.05, 3.63) is 0 Å². The van der Waals surface area contributed by atoms with Gasteiger partial charge in [0, 0.05) is 32.3 Å². The predicted molar refractivity (Wildman–Crippen MR) is 84.7 cm³/mol. The molecule has 1 aliphatic rings. The summed E-state index contributed by atoms with van der Waals surface area (Å²) in [6.45, 7) is 6.85. The van der Waals surface area contributed by atoms with E-state index in [0.717, 1.165) is 13.0 Å². The first-order chi connectivity index (χ1) is 9.44. The van der Waals surface area contributed by atoms with Crippen LogP contribution in [0.25, 0.3) is 0 Å². The number of hydrogen-bond acceptors (Lipinski definition) is 4. The lowest BCUT2D eigenvalue weighted by Gasteiger charge is -2.35. The maximum absolute atomic E-state index is 12.4. The summed E-state index contributed by atoms with van der Waals surface area (Å²) in [6, 6.07) is 0.513. The fourth-order valence-corrected chi connectivity index (χ4v) is 2.65. The van der Waals surface area contributed by atoms with E-state index in [4.69, 9.17) is 22.7 Å². The zero-order chi connectivity index (χ0) is 15.2. The van der Waals surface area contributed by atoms with Crippen LogP contribution in [-0.2, 0) is 9.53 Å². The Labute approximate surface area is 127 Å². The maximum atomic E-state index is 12.4. The summed E-state index contributed by atoms with van der Waals surface area (Å²) in [4.78, 5) is 14.9. The summed E-state index contributed by atoms with van der Waals surface area (Å²) in [5, 5.41) is 2.98. The Balaban J connectivity index is 2.49. The zero-order valence-corrected chi connectivity index (χ0v) is 13.6.